The molecule has 3 atom stereocenters. The van der Waals surface area contributed by atoms with Crippen molar-refractivity contribution in [3.8, 4) is 0 Å². The highest BCUT2D eigenvalue weighted by atomic mass is 35.5. The van der Waals surface area contributed by atoms with Crippen molar-refractivity contribution in [1.82, 2.24) is 15.0 Å². The molecule has 1 aliphatic heterocycles. The monoisotopic (exact) mass is 470 g/mol. The van der Waals surface area contributed by atoms with E-state index in [0.717, 1.165) is 6.07 Å². The fraction of sp³-hybridized carbons (Fsp3) is 0.381. The average molecular weight is 471 g/mol. The number of alkyl halides is 3. The maximum absolute atomic E-state index is 14.6. The zero-order valence-electron chi connectivity index (χ0n) is 17.4. The lowest BCUT2D eigenvalue weighted by molar-refractivity contribution is 0.146. The lowest BCUT2D eigenvalue weighted by Crippen LogP contribution is -2.30. The Kier molecular flexibility index (Phi) is 7.04. The molecule has 6 nitrogen and oxygen atoms in total. The van der Waals surface area contributed by atoms with Crippen LogP contribution in [0.1, 0.15) is 36.3 Å². The molecule has 11 heteroatoms. The van der Waals surface area contributed by atoms with E-state index in [4.69, 9.17) is 5.73 Å². The first-order chi connectivity index (χ1) is 14.7. The number of nitrogens with zero attached hydrogens (tertiary/aromatic N) is 4. The molecule has 1 aromatic carbocycles. The molecule has 0 radical (unpaired) electrons. The summed E-state index contributed by atoms with van der Waals surface area (Å²) in [6, 6.07) is 4.40. The van der Waals surface area contributed by atoms with E-state index in [1.165, 1.54) is 12.1 Å². The molecule has 0 amide bonds. The van der Waals surface area contributed by atoms with Crippen LogP contribution in [-0.4, -0.2) is 40.3 Å². The van der Waals surface area contributed by atoms with Gasteiger partial charge in [-0.1, -0.05) is 18.2 Å². The number of aromatic nitrogens is 3. The second kappa shape index (κ2) is 9.41. The van der Waals surface area contributed by atoms with Crippen molar-refractivity contribution in [2.45, 2.75) is 38.5 Å². The van der Waals surface area contributed by atoms with Crippen molar-refractivity contribution in [2.24, 2.45) is 5.73 Å². The summed E-state index contributed by atoms with van der Waals surface area (Å²) in [5.41, 5.74) is 5.78. The lowest BCUT2D eigenvalue weighted by atomic mass is 10.0. The molecule has 0 aliphatic carbocycles. The minimum atomic E-state index is -2.91. The van der Waals surface area contributed by atoms with Crippen molar-refractivity contribution >= 4 is 34.9 Å². The highest BCUT2D eigenvalue weighted by Gasteiger charge is 2.31. The Hall–Kier alpha value is -2.72. The van der Waals surface area contributed by atoms with Crippen LogP contribution in [0.5, 0.6) is 0 Å². The van der Waals surface area contributed by atoms with Gasteiger partial charge in [0.25, 0.3) is 6.43 Å². The molecular formula is C21H23ClF4N6. The number of nitrogens with one attached hydrogen (secondary N) is 1. The summed E-state index contributed by atoms with van der Waals surface area (Å²) in [4.78, 5) is 14.9. The molecule has 0 saturated carbocycles. The average Bonchev–Trinajstić information content (AvgIpc) is 3.06. The maximum atomic E-state index is 14.6. The fourth-order valence-electron chi connectivity index (χ4n) is 3.75. The fourth-order valence-corrected chi connectivity index (χ4v) is 3.75. The number of benzene rings is 1. The summed E-state index contributed by atoms with van der Waals surface area (Å²) in [5.74, 6) is 0.443. The maximum Gasteiger partial charge on any atom is 0.266 e. The normalized spacial score (nSPS) is 19.3. The number of fused-ring (bicyclic) bond motifs is 1. The molecule has 172 valence electrons. The molecule has 32 heavy (non-hydrogen) atoms. The molecule has 3 heterocycles. The van der Waals surface area contributed by atoms with Crippen LogP contribution >= 0.6 is 12.4 Å². The van der Waals surface area contributed by atoms with Crippen molar-refractivity contribution in [2.75, 3.05) is 23.3 Å². The second-order valence-corrected chi connectivity index (χ2v) is 7.68. The molecule has 2 aromatic heterocycles. The van der Waals surface area contributed by atoms with Crippen molar-refractivity contribution < 1.29 is 17.6 Å². The van der Waals surface area contributed by atoms with Gasteiger partial charge >= 0.3 is 0 Å². The Morgan fingerprint density at radius 3 is 2.56 bits per heavy atom. The van der Waals surface area contributed by atoms with Crippen LogP contribution in [0.4, 0.5) is 29.2 Å². The number of anilines is 2. The molecule has 0 unspecified atom stereocenters. The van der Waals surface area contributed by atoms with E-state index in [-0.39, 0.29) is 24.5 Å². The molecule has 1 aliphatic rings. The summed E-state index contributed by atoms with van der Waals surface area (Å²) in [5, 5.41) is 3.70. The highest BCUT2D eigenvalue weighted by molar-refractivity contribution is 5.90. The van der Waals surface area contributed by atoms with Crippen LogP contribution in [-0.2, 0) is 0 Å². The van der Waals surface area contributed by atoms with Gasteiger partial charge in [-0.05, 0) is 19.9 Å². The van der Waals surface area contributed by atoms with E-state index >= 15 is 0 Å². The van der Waals surface area contributed by atoms with Gasteiger partial charge in [-0.3, -0.25) is 0 Å². The topological polar surface area (TPSA) is 80.0 Å². The summed E-state index contributed by atoms with van der Waals surface area (Å²) in [7, 11) is 0. The third kappa shape index (κ3) is 4.56. The number of nitrogens with two attached hydrogens (primary N) is 1. The Bertz CT molecular complexity index is 1110. The summed E-state index contributed by atoms with van der Waals surface area (Å²) >= 11 is 0. The molecule has 1 fully saturated rings. The predicted molar refractivity (Wildman–Crippen MR) is 118 cm³/mol. The van der Waals surface area contributed by atoms with E-state index < -0.39 is 36.1 Å². The van der Waals surface area contributed by atoms with Crippen LogP contribution in [0, 0.1) is 12.7 Å². The largest absolute Gasteiger partial charge is 0.363 e. The summed E-state index contributed by atoms with van der Waals surface area (Å²) < 4.78 is 54.6. The molecule has 3 N–H and O–H groups in total. The van der Waals surface area contributed by atoms with Crippen LogP contribution in [0.25, 0.3) is 10.9 Å². The molecule has 0 spiro atoms. The lowest BCUT2D eigenvalue weighted by Gasteiger charge is -2.20. The van der Waals surface area contributed by atoms with Gasteiger partial charge in [-0.25, -0.2) is 32.5 Å². The first-order valence-electron chi connectivity index (χ1n) is 9.86. The molecule has 0 bridgehead atoms. The summed E-state index contributed by atoms with van der Waals surface area (Å²) in [6.45, 7) is 3.83. The van der Waals surface area contributed by atoms with Gasteiger partial charge in [0.1, 0.15) is 29.4 Å². The minimum Gasteiger partial charge on any atom is -0.363 e. The number of hydrogen-bond donors (Lipinski definition) is 2. The van der Waals surface area contributed by atoms with E-state index in [2.05, 4.69) is 20.3 Å². The number of pyridine rings is 1. The van der Waals surface area contributed by atoms with Crippen molar-refractivity contribution in [3.63, 3.8) is 0 Å². The van der Waals surface area contributed by atoms with Crippen LogP contribution < -0.4 is 16.0 Å². The predicted octanol–water partition coefficient (Wildman–Crippen LogP) is 4.49. The highest BCUT2D eigenvalue weighted by Crippen LogP contribution is 2.31. The Balaban J connectivity index is 0.00000289. The summed E-state index contributed by atoms with van der Waals surface area (Å²) in [6.07, 6.45) is -2.49. The first kappa shape index (κ1) is 23.9. The van der Waals surface area contributed by atoms with E-state index in [1.54, 1.807) is 31.0 Å². The van der Waals surface area contributed by atoms with Crippen LogP contribution in [0.3, 0.4) is 0 Å². The number of aryl methyl sites for hydroxylation is 1. The zero-order chi connectivity index (χ0) is 22.3. The van der Waals surface area contributed by atoms with Crippen LogP contribution in [0.15, 0.2) is 30.5 Å². The molecule has 1 saturated heterocycles. The van der Waals surface area contributed by atoms with Gasteiger partial charge in [0.2, 0.25) is 0 Å². The van der Waals surface area contributed by atoms with Gasteiger partial charge in [0.05, 0.1) is 35.9 Å². The second-order valence-electron chi connectivity index (χ2n) is 7.68. The molecule has 3 aromatic rings. The number of hydrogen-bond acceptors (Lipinski definition) is 6. The number of halogens is 5. The molecule has 4 rings (SSSR count). The third-order valence-corrected chi connectivity index (χ3v) is 5.41. The third-order valence-electron chi connectivity index (χ3n) is 5.41. The first-order valence-corrected chi connectivity index (χ1v) is 9.86. The smallest absolute Gasteiger partial charge is 0.266 e. The van der Waals surface area contributed by atoms with E-state index in [0.29, 0.717) is 34.9 Å². The van der Waals surface area contributed by atoms with Gasteiger partial charge in [0.15, 0.2) is 0 Å². The van der Waals surface area contributed by atoms with Gasteiger partial charge < -0.3 is 16.0 Å². The quantitative estimate of drug-likeness (QED) is 0.535. The SMILES string of the molecule is Cc1nc(N[C@H](C)c2cccc(C(F)F)c2F)c2cc(N3C[C@@H](N)[C@H](F)C3)ncc2n1.Cl. The Morgan fingerprint density at radius 2 is 1.91 bits per heavy atom. The number of rotatable bonds is 5. The van der Waals surface area contributed by atoms with Crippen LogP contribution in [0.2, 0.25) is 0 Å². The Morgan fingerprint density at radius 1 is 1.19 bits per heavy atom. The van der Waals surface area contributed by atoms with Gasteiger partial charge in [-0.15, -0.1) is 12.4 Å². The van der Waals surface area contributed by atoms with Gasteiger partial charge in [0, 0.05) is 17.5 Å². The molecular weight excluding hydrogens is 448 g/mol. The van der Waals surface area contributed by atoms with E-state index in [9.17, 15) is 17.6 Å². The van der Waals surface area contributed by atoms with Crippen molar-refractivity contribution in [3.05, 3.63) is 53.2 Å². The van der Waals surface area contributed by atoms with E-state index in [1.807, 2.05) is 0 Å². The Labute approximate surface area is 188 Å². The minimum absolute atomic E-state index is 0. The van der Waals surface area contributed by atoms with Crippen molar-refractivity contribution in [1.29, 1.82) is 0 Å². The zero-order valence-corrected chi connectivity index (χ0v) is 18.2. The standard InChI is InChI=1S/C21H22F4N6.ClH/c1-10(12-4-3-5-13(19(12)23)20(24)25)28-21-14-6-18(31-8-15(22)16(26)9-31)27-7-17(14)29-11(2)30-21;/h3-7,10,15-16,20H,8-9,26H2,1-2H3,(H,28,29,30);1H/t10-,15-,16-;/m1./s1. The van der Waals surface area contributed by atoms with Gasteiger partial charge in [-0.2, -0.15) is 0 Å².